The lowest BCUT2D eigenvalue weighted by molar-refractivity contribution is -0.274. The molecule has 1 nitrogen and oxygen atoms in total. The number of hydrogen-bond acceptors (Lipinski definition) is 1. The van der Waals surface area contributed by atoms with Gasteiger partial charge in [-0.1, -0.05) is 80.1 Å². The van der Waals surface area contributed by atoms with Crippen molar-refractivity contribution in [2.45, 2.75) is 39.0 Å². The van der Waals surface area contributed by atoms with Gasteiger partial charge in [0.1, 0.15) is 11.6 Å². The highest BCUT2D eigenvalue weighted by Crippen LogP contribution is 2.32. The second-order valence-electron chi connectivity index (χ2n) is 8.12. The summed E-state index contributed by atoms with van der Waals surface area (Å²) in [6.45, 7) is 2.17. The van der Waals surface area contributed by atoms with Crippen molar-refractivity contribution >= 4 is 10.8 Å². The molecule has 0 bridgehead atoms. The number of fused-ring (bicyclic) bond motifs is 1. The lowest BCUT2D eigenvalue weighted by atomic mass is 9.97. The number of halogens is 4. The van der Waals surface area contributed by atoms with Gasteiger partial charge in [-0.05, 0) is 59.0 Å². The van der Waals surface area contributed by atoms with E-state index < -0.39 is 12.2 Å². The van der Waals surface area contributed by atoms with Crippen LogP contribution >= 0.6 is 0 Å². The van der Waals surface area contributed by atoms with Crippen molar-refractivity contribution in [3.63, 3.8) is 0 Å². The molecule has 0 aliphatic carbocycles. The Kier molecular flexibility index (Phi) is 6.68. The number of hydrogen-bond donors (Lipinski definition) is 0. The summed E-state index contributed by atoms with van der Waals surface area (Å²) in [5.41, 5.74) is 4.57. The average Bonchev–Trinajstić information content (AvgIpc) is 2.79. The number of alkyl halides is 3. The van der Waals surface area contributed by atoms with E-state index in [2.05, 4.69) is 35.9 Å². The third-order valence-electron chi connectivity index (χ3n) is 5.68. The van der Waals surface area contributed by atoms with E-state index in [4.69, 9.17) is 0 Å². The molecule has 0 saturated carbocycles. The fourth-order valence-electron chi connectivity index (χ4n) is 4.01. The lowest BCUT2D eigenvalue weighted by Crippen LogP contribution is -2.16. The van der Waals surface area contributed by atoms with Gasteiger partial charge in [-0.2, -0.15) is 0 Å². The molecule has 5 heteroatoms. The lowest BCUT2D eigenvalue weighted by Gasteiger charge is -2.11. The molecule has 0 fully saturated rings. The van der Waals surface area contributed by atoms with Crippen LogP contribution in [0.15, 0.2) is 78.9 Å². The third-order valence-corrected chi connectivity index (χ3v) is 5.68. The van der Waals surface area contributed by atoms with Gasteiger partial charge in [0.05, 0.1) is 0 Å². The van der Waals surface area contributed by atoms with Crippen molar-refractivity contribution in [2.75, 3.05) is 0 Å². The Morgan fingerprint density at radius 1 is 0.697 bits per heavy atom. The highest BCUT2D eigenvalue weighted by Gasteiger charge is 2.31. The molecule has 170 valence electrons. The minimum Gasteiger partial charge on any atom is -0.406 e. The minimum absolute atomic E-state index is 0.334. The topological polar surface area (TPSA) is 9.23 Å². The standard InChI is InChI=1S/C28H24F4O/c1-2-3-19-4-6-20(7-5-19)8-9-21-10-16-26-23(18-21)13-17-25(27(26)29)22-11-14-24(15-12-22)33-28(30,31)32/h4-7,10-18H,2-3,8-9H2,1H3. The van der Waals surface area contributed by atoms with Crippen molar-refractivity contribution in [3.05, 3.63) is 101 Å². The van der Waals surface area contributed by atoms with Crippen molar-refractivity contribution in [1.82, 2.24) is 0 Å². The van der Waals surface area contributed by atoms with Crippen molar-refractivity contribution in [3.8, 4) is 16.9 Å². The Balaban J connectivity index is 1.50. The molecule has 4 aromatic carbocycles. The van der Waals surface area contributed by atoms with Crippen LogP contribution < -0.4 is 4.74 Å². The summed E-state index contributed by atoms with van der Waals surface area (Å²) < 4.78 is 56.1. The van der Waals surface area contributed by atoms with E-state index in [-0.39, 0.29) is 5.75 Å². The zero-order valence-corrected chi connectivity index (χ0v) is 18.3. The number of ether oxygens (including phenoxy) is 1. The van der Waals surface area contributed by atoms with Crippen LogP contribution in [0.5, 0.6) is 5.75 Å². The van der Waals surface area contributed by atoms with Crippen molar-refractivity contribution < 1.29 is 22.3 Å². The van der Waals surface area contributed by atoms with Gasteiger partial charge in [0.25, 0.3) is 0 Å². The van der Waals surface area contributed by atoms with Gasteiger partial charge in [-0.3, -0.25) is 0 Å². The Hall–Kier alpha value is -3.34. The van der Waals surface area contributed by atoms with E-state index in [1.807, 2.05) is 18.2 Å². The molecule has 0 heterocycles. The summed E-state index contributed by atoms with van der Waals surface area (Å²) in [6.07, 6.45) is -0.777. The molecular weight excluding hydrogens is 428 g/mol. The molecule has 0 spiro atoms. The molecule has 0 amide bonds. The summed E-state index contributed by atoms with van der Waals surface area (Å²) in [6, 6.07) is 23.1. The summed E-state index contributed by atoms with van der Waals surface area (Å²) in [4.78, 5) is 0. The first-order valence-corrected chi connectivity index (χ1v) is 11.0. The zero-order chi connectivity index (χ0) is 23.4. The van der Waals surface area contributed by atoms with Gasteiger partial charge in [-0.25, -0.2) is 4.39 Å². The van der Waals surface area contributed by atoms with Gasteiger partial charge in [0, 0.05) is 10.9 Å². The van der Waals surface area contributed by atoms with Gasteiger partial charge in [0.2, 0.25) is 0 Å². The van der Waals surface area contributed by atoms with Crippen LogP contribution in [-0.4, -0.2) is 6.36 Å². The highest BCUT2D eigenvalue weighted by molar-refractivity contribution is 5.88. The molecule has 0 N–H and O–H groups in total. The first-order chi connectivity index (χ1) is 15.8. The van der Waals surface area contributed by atoms with Crippen molar-refractivity contribution in [1.29, 1.82) is 0 Å². The predicted molar refractivity (Wildman–Crippen MR) is 124 cm³/mol. The third kappa shape index (κ3) is 5.72. The molecule has 0 unspecified atom stereocenters. The fourth-order valence-corrected chi connectivity index (χ4v) is 4.01. The monoisotopic (exact) mass is 452 g/mol. The normalized spacial score (nSPS) is 11.7. The van der Waals surface area contributed by atoms with Gasteiger partial charge in [0.15, 0.2) is 0 Å². The van der Waals surface area contributed by atoms with Crippen molar-refractivity contribution in [2.24, 2.45) is 0 Å². The van der Waals surface area contributed by atoms with Crippen LogP contribution in [0.25, 0.3) is 21.9 Å². The zero-order valence-electron chi connectivity index (χ0n) is 18.3. The van der Waals surface area contributed by atoms with E-state index in [1.165, 1.54) is 35.4 Å². The Labute approximate surface area is 190 Å². The van der Waals surface area contributed by atoms with E-state index in [0.29, 0.717) is 16.5 Å². The second-order valence-corrected chi connectivity index (χ2v) is 8.12. The predicted octanol–water partition coefficient (Wildman–Crippen LogP) is 8.28. The maximum absolute atomic E-state index is 15.2. The van der Waals surface area contributed by atoms with Crippen LogP contribution in [0.4, 0.5) is 17.6 Å². The quantitative estimate of drug-likeness (QED) is 0.256. The SMILES string of the molecule is CCCc1ccc(CCc2ccc3c(F)c(-c4ccc(OC(F)(F)F)cc4)ccc3c2)cc1. The molecule has 4 aromatic rings. The number of rotatable bonds is 7. The van der Waals surface area contributed by atoms with E-state index in [0.717, 1.165) is 36.6 Å². The van der Waals surface area contributed by atoms with Gasteiger partial charge < -0.3 is 4.74 Å². The van der Waals surface area contributed by atoms with Crippen LogP contribution in [-0.2, 0) is 19.3 Å². The van der Waals surface area contributed by atoms with Gasteiger partial charge >= 0.3 is 6.36 Å². The van der Waals surface area contributed by atoms with Gasteiger partial charge in [-0.15, -0.1) is 13.2 Å². The van der Waals surface area contributed by atoms with E-state index in [1.54, 1.807) is 12.1 Å². The molecule has 4 rings (SSSR count). The maximum atomic E-state index is 15.2. The number of benzene rings is 4. The summed E-state index contributed by atoms with van der Waals surface area (Å²) >= 11 is 0. The summed E-state index contributed by atoms with van der Waals surface area (Å²) in [5.74, 6) is -0.729. The Morgan fingerprint density at radius 2 is 1.30 bits per heavy atom. The molecular formula is C28H24F4O. The second kappa shape index (κ2) is 9.65. The first-order valence-electron chi connectivity index (χ1n) is 11.0. The molecule has 0 radical (unpaired) electrons. The minimum atomic E-state index is -4.76. The van der Waals surface area contributed by atoms with E-state index >= 15 is 4.39 Å². The highest BCUT2D eigenvalue weighted by atomic mass is 19.4. The van der Waals surface area contributed by atoms with Crippen LogP contribution in [0.1, 0.15) is 30.0 Å². The molecule has 0 saturated heterocycles. The maximum Gasteiger partial charge on any atom is 0.573 e. The summed E-state index contributed by atoms with van der Waals surface area (Å²) in [5, 5.41) is 1.28. The Morgan fingerprint density at radius 3 is 1.94 bits per heavy atom. The molecule has 0 aliphatic heterocycles. The first kappa shape index (κ1) is 22.8. The van der Waals surface area contributed by atoms with Crippen LogP contribution in [0.3, 0.4) is 0 Å². The molecule has 33 heavy (non-hydrogen) atoms. The average molecular weight is 452 g/mol. The molecule has 0 aliphatic rings. The fraction of sp³-hybridized carbons (Fsp3) is 0.214. The molecule has 0 aromatic heterocycles. The summed E-state index contributed by atoms with van der Waals surface area (Å²) in [7, 11) is 0. The number of aryl methyl sites for hydroxylation is 3. The molecule has 0 atom stereocenters. The van der Waals surface area contributed by atoms with Crippen LogP contribution in [0.2, 0.25) is 0 Å². The smallest absolute Gasteiger partial charge is 0.406 e. The van der Waals surface area contributed by atoms with E-state index in [9.17, 15) is 13.2 Å². The Bertz CT molecular complexity index is 1230. The van der Waals surface area contributed by atoms with Crippen LogP contribution in [0, 0.1) is 5.82 Å². The largest absolute Gasteiger partial charge is 0.573 e.